The van der Waals surface area contributed by atoms with E-state index in [1.165, 1.54) is 11.8 Å². The molecule has 0 bridgehead atoms. The van der Waals surface area contributed by atoms with Crippen LogP contribution in [0.4, 0.5) is 0 Å². The van der Waals surface area contributed by atoms with Gasteiger partial charge in [-0.3, -0.25) is 4.79 Å². The fraction of sp³-hybridized carbons (Fsp3) is 0.500. The topological polar surface area (TPSA) is 75.3 Å². The minimum absolute atomic E-state index is 0.0422. The van der Waals surface area contributed by atoms with E-state index in [9.17, 15) is 9.59 Å². The number of aromatic amines is 1. The molecule has 1 aliphatic heterocycles. The third-order valence-electron chi connectivity index (χ3n) is 4.33. The maximum Gasteiger partial charge on any atom is 0.328 e. The third kappa shape index (κ3) is 4.15. The second-order valence-corrected chi connectivity index (χ2v) is 7.17. The first-order valence-electron chi connectivity index (χ1n) is 8.63. The second-order valence-electron chi connectivity index (χ2n) is 6.20. The summed E-state index contributed by atoms with van der Waals surface area (Å²) in [6.45, 7) is 4.77. The molecule has 1 aromatic heterocycles. The summed E-state index contributed by atoms with van der Waals surface area (Å²) in [5.74, 6) is -0.0755. The Morgan fingerprint density at radius 2 is 2.24 bits per heavy atom. The third-order valence-corrected chi connectivity index (χ3v) is 5.19. The van der Waals surface area contributed by atoms with Gasteiger partial charge in [-0.15, -0.1) is 0 Å². The summed E-state index contributed by atoms with van der Waals surface area (Å²) in [6.07, 6.45) is 2.55. The molecule has 0 spiro atoms. The molecule has 0 saturated carbocycles. The number of amides is 1. The van der Waals surface area contributed by atoms with E-state index < -0.39 is 6.04 Å². The van der Waals surface area contributed by atoms with Crippen LogP contribution in [-0.4, -0.2) is 51.7 Å². The number of benzene rings is 1. The maximum absolute atomic E-state index is 12.6. The van der Waals surface area contributed by atoms with Gasteiger partial charge in [-0.05, 0) is 50.8 Å². The van der Waals surface area contributed by atoms with E-state index in [4.69, 9.17) is 4.74 Å². The van der Waals surface area contributed by atoms with Crippen molar-refractivity contribution in [3.8, 4) is 0 Å². The minimum atomic E-state index is -0.444. The lowest BCUT2D eigenvalue weighted by Crippen LogP contribution is -2.49. The molecule has 0 radical (unpaired) electrons. The molecular weight excluding hydrogens is 338 g/mol. The standard InChI is InChI=1S/C18H23N3O3S/c1-3-24-17(23)15-6-4-5-9-21(15)16(22)11-25-18-19-13-8-7-12(2)10-14(13)20-18/h7-8,10,15H,3-6,9,11H2,1-2H3,(H,19,20)/t15-/m1/s1. The van der Waals surface area contributed by atoms with Crippen molar-refractivity contribution in [1.82, 2.24) is 14.9 Å². The lowest BCUT2D eigenvalue weighted by molar-refractivity contribution is -0.155. The number of rotatable bonds is 5. The minimum Gasteiger partial charge on any atom is -0.464 e. The van der Waals surface area contributed by atoms with E-state index in [1.807, 2.05) is 25.1 Å². The van der Waals surface area contributed by atoms with Gasteiger partial charge >= 0.3 is 5.97 Å². The van der Waals surface area contributed by atoms with Crippen LogP contribution in [0.3, 0.4) is 0 Å². The molecule has 25 heavy (non-hydrogen) atoms. The highest BCUT2D eigenvalue weighted by molar-refractivity contribution is 7.99. The SMILES string of the molecule is CCOC(=O)[C@H]1CCCCN1C(=O)CSc1nc2ccc(C)cc2[nH]1. The van der Waals surface area contributed by atoms with Gasteiger partial charge in [-0.25, -0.2) is 9.78 Å². The van der Waals surface area contributed by atoms with E-state index in [2.05, 4.69) is 9.97 Å². The van der Waals surface area contributed by atoms with Gasteiger partial charge in [0, 0.05) is 6.54 Å². The van der Waals surface area contributed by atoms with Gasteiger partial charge in [0.05, 0.1) is 23.4 Å². The molecule has 1 aromatic carbocycles. The number of fused-ring (bicyclic) bond motifs is 1. The fourth-order valence-corrected chi connectivity index (χ4v) is 3.87. The van der Waals surface area contributed by atoms with Gasteiger partial charge in [-0.2, -0.15) is 0 Å². The number of hydrogen-bond acceptors (Lipinski definition) is 5. The molecule has 1 amide bonds. The molecule has 7 heteroatoms. The second kappa shape index (κ2) is 7.91. The highest BCUT2D eigenvalue weighted by Crippen LogP contribution is 2.23. The summed E-state index contributed by atoms with van der Waals surface area (Å²) < 4.78 is 5.12. The van der Waals surface area contributed by atoms with Crippen LogP contribution in [0.1, 0.15) is 31.7 Å². The molecule has 1 N–H and O–H groups in total. The number of carbonyl (C=O) groups excluding carboxylic acids is 2. The molecule has 1 aliphatic rings. The first-order valence-corrected chi connectivity index (χ1v) is 9.62. The zero-order valence-electron chi connectivity index (χ0n) is 14.6. The van der Waals surface area contributed by atoms with Crippen molar-refractivity contribution >= 4 is 34.7 Å². The van der Waals surface area contributed by atoms with Crippen molar-refractivity contribution in [2.75, 3.05) is 18.9 Å². The Labute approximate surface area is 151 Å². The summed E-state index contributed by atoms with van der Waals surface area (Å²) >= 11 is 1.37. The van der Waals surface area contributed by atoms with Crippen LogP contribution in [0.5, 0.6) is 0 Å². The number of hydrogen-bond donors (Lipinski definition) is 1. The van der Waals surface area contributed by atoms with Crippen LogP contribution in [0.25, 0.3) is 11.0 Å². The first-order chi connectivity index (χ1) is 12.1. The maximum atomic E-state index is 12.6. The molecule has 1 fully saturated rings. The number of imidazole rings is 1. The number of ether oxygens (including phenoxy) is 1. The van der Waals surface area contributed by atoms with Crippen molar-refractivity contribution < 1.29 is 14.3 Å². The van der Waals surface area contributed by atoms with Gasteiger partial charge in [0.1, 0.15) is 6.04 Å². The molecule has 1 atom stereocenters. The summed E-state index contributed by atoms with van der Waals surface area (Å²) in [7, 11) is 0. The van der Waals surface area contributed by atoms with Crippen molar-refractivity contribution in [2.45, 2.75) is 44.3 Å². The van der Waals surface area contributed by atoms with Crippen LogP contribution in [0.2, 0.25) is 0 Å². The van der Waals surface area contributed by atoms with Crippen molar-refractivity contribution in [3.63, 3.8) is 0 Å². The Balaban J connectivity index is 1.64. The van der Waals surface area contributed by atoms with E-state index in [0.29, 0.717) is 19.6 Å². The van der Waals surface area contributed by atoms with Crippen LogP contribution in [-0.2, 0) is 14.3 Å². The molecule has 0 unspecified atom stereocenters. The normalized spacial score (nSPS) is 17.7. The number of thioether (sulfide) groups is 1. The Hall–Kier alpha value is -2.02. The Morgan fingerprint density at radius 1 is 1.40 bits per heavy atom. The van der Waals surface area contributed by atoms with Gasteiger partial charge in [0.25, 0.3) is 0 Å². The number of H-pyrrole nitrogens is 1. The molecule has 1 saturated heterocycles. The number of nitrogens with one attached hydrogen (secondary N) is 1. The summed E-state index contributed by atoms with van der Waals surface area (Å²) in [4.78, 5) is 34.1. The number of nitrogens with zero attached hydrogens (tertiary/aromatic N) is 2. The molecule has 6 nitrogen and oxygen atoms in total. The Bertz CT molecular complexity index is 774. The number of likely N-dealkylation sites (tertiary alicyclic amines) is 1. The van der Waals surface area contributed by atoms with Gasteiger partial charge < -0.3 is 14.6 Å². The highest BCUT2D eigenvalue weighted by Gasteiger charge is 2.33. The predicted molar refractivity (Wildman–Crippen MR) is 97.5 cm³/mol. The smallest absolute Gasteiger partial charge is 0.328 e. The monoisotopic (exact) mass is 361 g/mol. The summed E-state index contributed by atoms with van der Waals surface area (Å²) in [5, 5.41) is 0.721. The number of esters is 1. The average molecular weight is 361 g/mol. The molecule has 0 aliphatic carbocycles. The van der Waals surface area contributed by atoms with Gasteiger partial charge in [0.15, 0.2) is 5.16 Å². The lowest BCUT2D eigenvalue weighted by atomic mass is 10.0. The van der Waals surface area contributed by atoms with Crippen LogP contribution < -0.4 is 0 Å². The van der Waals surface area contributed by atoms with Gasteiger partial charge in [0.2, 0.25) is 5.91 Å². The first kappa shape index (κ1) is 17.8. The van der Waals surface area contributed by atoms with Crippen molar-refractivity contribution in [2.24, 2.45) is 0 Å². The van der Waals surface area contributed by atoms with Crippen LogP contribution in [0.15, 0.2) is 23.4 Å². The fourth-order valence-electron chi connectivity index (χ4n) is 3.09. The highest BCUT2D eigenvalue weighted by atomic mass is 32.2. The largest absolute Gasteiger partial charge is 0.464 e. The number of carbonyl (C=O) groups is 2. The predicted octanol–water partition coefficient (Wildman–Crippen LogP) is 2.91. The van der Waals surface area contributed by atoms with E-state index in [-0.39, 0.29) is 17.6 Å². The molecule has 3 rings (SSSR count). The number of piperidine rings is 1. The van der Waals surface area contributed by atoms with Gasteiger partial charge in [-0.1, -0.05) is 17.8 Å². The zero-order chi connectivity index (χ0) is 17.8. The van der Waals surface area contributed by atoms with E-state index in [1.54, 1.807) is 11.8 Å². The molecule has 134 valence electrons. The summed E-state index contributed by atoms with van der Waals surface area (Å²) in [6, 6.07) is 5.57. The van der Waals surface area contributed by atoms with Crippen LogP contribution >= 0.6 is 11.8 Å². The molecule has 2 heterocycles. The van der Waals surface area contributed by atoms with Crippen molar-refractivity contribution in [3.05, 3.63) is 23.8 Å². The quantitative estimate of drug-likeness (QED) is 0.655. The van der Waals surface area contributed by atoms with E-state index in [0.717, 1.165) is 34.6 Å². The Kier molecular flexibility index (Phi) is 5.63. The number of aromatic nitrogens is 2. The Morgan fingerprint density at radius 3 is 3.04 bits per heavy atom. The van der Waals surface area contributed by atoms with Crippen LogP contribution in [0, 0.1) is 6.92 Å². The average Bonchev–Trinajstić information content (AvgIpc) is 3.02. The van der Waals surface area contributed by atoms with E-state index >= 15 is 0 Å². The number of aryl methyl sites for hydroxylation is 1. The lowest BCUT2D eigenvalue weighted by Gasteiger charge is -2.33. The zero-order valence-corrected chi connectivity index (χ0v) is 15.4. The summed E-state index contributed by atoms with van der Waals surface area (Å²) in [5.41, 5.74) is 3.02. The van der Waals surface area contributed by atoms with Crippen molar-refractivity contribution in [1.29, 1.82) is 0 Å². The molecule has 2 aromatic rings. The molecular formula is C18H23N3O3S.